The van der Waals surface area contributed by atoms with Crippen molar-refractivity contribution < 1.29 is 13.2 Å². The Morgan fingerprint density at radius 2 is 2.11 bits per heavy atom. The lowest BCUT2D eigenvalue weighted by Crippen LogP contribution is -2.33. The SMILES string of the molecule is Cc1cc(N2CC(S(N)(=O)=O)CC2=O)n(C(C)C)n1. The zero-order valence-corrected chi connectivity index (χ0v) is 12.0. The highest BCUT2D eigenvalue weighted by atomic mass is 32.2. The molecule has 2 rings (SSSR count). The van der Waals surface area contributed by atoms with Crippen LogP contribution in [0, 0.1) is 6.92 Å². The predicted octanol–water partition coefficient (Wildman–Crippen LogP) is 0.166. The molecule has 2 N–H and O–H groups in total. The van der Waals surface area contributed by atoms with Crippen molar-refractivity contribution in [1.29, 1.82) is 0 Å². The third-order valence-electron chi connectivity index (χ3n) is 3.16. The molecule has 1 aromatic heterocycles. The van der Waals surface area contributed by atoms with Gasteiger partial charge in [-0.15, -0.1) is 0 Å². The summed E-state index contributed by atoms with van der Waals surface area (Å²) in [5.41, 5.74) is 0.788. The van der Waals surface area contributed by atoms with E-state index in [0.29, 0.717) is 5.82 Å². The number of nitrogens with zero attached hydrogens (tertiary/aromatic N) is 3. The summed E-state index contributed by atoms with van der Waals surface area (Å²) >= 11 is 0. The second-order valence-corrected chi connectivity index (χ2v) is 6.95. The van der Waals surface area contributed by atoms with E-state index in [1.165, 1.54) is 4.90 Å². The third kappa shape index (κ3) is 2.64. The van der Waals surface area contributed by atoms with Crippen molar-refractivity contribution >= 4 is 21.7 Å². The number of sulfonamides is 1. The van der Waals surface area contributed by atoms with Crippen molar-refractivity contribution in [3.63, 3.8) is 0 Å². The van der Waals surface area contributed by atoms with Gasteiger partial charge in [0, 0.05) is 25.1 Å². The van der Waals surface area contributed by atoms with E-state index < -0.39 is 15.3 Å². The van der Waals surface area contributed by atoms with Crippen molar-refractivity contribution in [2.45, 2.75) is 38.5 Å². The number of carbonyl (C=O) groups is 1. The predicted molar refractivity (Wildman–Crippen MR) is 71.2 cm³/mol. The second kappa shape index (κ2) is 4.61. The van der Waals surface area contributed by atoms with Gasteiger partial charge in [-0.2, -0.15) is 5.10 Å². The van der Waals surface area contributed by atoms with Gasteiger partial charge in [-0.1, -0.05) is 0 Å². The molecule has 0 saturated carbocycles. The summed E-state index contributed by atoms with van der Waals surface area (Å²) in [5.74, 6) is 0.393. The maximum atomic E-state index is 12.0. The van der Waals surface area contributed by atoms with Crippen LogP contribution in [0.2, 0.25) is 0 Å². The van der Waals surface area contributed by atoms with Crippen LogP contribution in [0.4, 0.5) is 5.82 Å². The molecular weight excluding hydrogens is 268 g/mol. The van der Waals surface area contributed by atoms with Gasteiger partial charge in [0.05, 0.1) is 5.69 Å². The lowest BCUT2D eigenvalue weighted by molar-refractivity contribution is -0.117. The van der Waals surface area contributed by atoms with Crippen LogP contribution in [0.25, 0.3) is 0 Å². The minimum Gasteiger partial charge on any atom is -0.296 e. The zero-order chi connectivity index (χ0) is 14.4. The molecule has 0 aliphatic carbocycles. The standard InChI is InChI=1S/C11H18N4O3S/c1-7(2)15-10(4-8(3)13-15)14-6-9(5-11(14)16)19(12,17)18/h4,7,9H,5-6H2,1-3H3,(H2,12,17,18). The van der Waals surface area contributed by atoms with Crippen molar-refractivity contribution in [3.8, 4) is 0 Å². The molecular formula is C11H18N4O3S. The fourth-order valence-corrected chi connectivity index (χ4v) is 2.93. The summed E-state index contributed by atoms with van der Waals surface area (Å²) in [6, 6.07) is 1.87. The van der Waals surface area contributed by atoms with Gasteiger partial charge in [0.2, 0.25) is 15.9 Å². The van der Waals surface area contributed by atoms with Gasteiger partial charge in [0.25, 0.3) is 0 Å². The van der Waals surface area contributed by atoms with E-state index in [1.807, 2.05) is 20.8 Å². The molecule has 106 valence electrons. The molecule has 2 heterocycles. The van der Waals surface area contributed by atoms with Gasteiger partial charge in [-0.05, 0) is 20.8 Å². The van der Waals surface area contributed by atoms with Crippen LogP contribution in [0.15, 0.2) is 6.07 Å². The highest BCUT2D eigenvalue weighted by Gasteiger charge is 2.38. The van der Waals surface area contributed by atoms with Crippen LogP contribution < -0.4 is 10.0 Å². The molecule has 1 saturated heterocycles. The highest BCUT2D eigenvalue weighted by molar-refractivity contribution is 7.89. The van der Waals surface area contributed by atoms with Gasteiger partial charge in [-0.3, -0.25) is 9.69 Å². The zero-order valence-electron chi connectivity index (χ0n) is 11.2. The van der Waals surface area contributed by atoms with Crippen molar-refractivity contribution in [1.82, 2.24) is 9.78 Å². The number of amides is 1. The monoisotopic (exact) mass is 286 g/mol. The summed E-state index contributed by atoms with van der Waals surface area (Å²) in [6.07, 6.45) is -0.0683. The number of carbonyl (C=O) groups excluding carboxylic acids is 1. The van der Waals surface area contributed by atoms with E-state index in [2.05, 4.69) is 5.10 Å². The molecule has 1 amide bonds. The third-order valence-corrected chi connectivity index (χ3v) is 4.40. The van der Waals surface area contributed by atoms with Crippen LogP contribution in [0.3, 0.4) is 0 Å². The van der Waals surface area contributed by atoms with E-state index in [4.69, 9.17) is 5.14 Å². The molecule has 0 bridgehead atoms. The number of nitrogens with two attached hydrogens (primary N) is 1. The van der Waals surface area contributed by atoms with E-state index in [0.717, 1.165) is 5.69 Å². The van der Waals surface area contributed by atoms with E-state index in [9.17, 15) is 13.2 Å². The number of rotatable bonds is 3. The normalized spacial score (nSPS) is 20.6. The lowest BCUT2D eigenvalue weighted by Gasteiger charge is -2.19. The largest absolute Gasteiger partial charge is 0.296 e. The number of hydrogen-bond acceptors (Lipinski definition) is 4. The van der Waals surface area contributed by atoms with E-state index >= 15 is 0 Å². The summed E-state index contributed by atoms with van der Waals surface area (Å²) < 4.78 is 24.4. The Morgan fingerprint density at radius 3 is 2.58 bits per heavy atom. The molecule has 19 heavy (non-hydrogen) atoms. The molecule has 0 spiro atoms. The number of primary sulfonamides is 1. The molecule has 0 aromatic carbocycles. The first-order valence-electron chi connectivity index (χ1n) is 6.08. The van der Waals surface area contributed by atoms with Crippen LogP contribution in [0.5, 0.6) is 0 Å². The highest BCUT2D eigenvalue weighted by Crippen LogP contribution is 2.27. The van der Waals surface area contributed by atoms with Gasteiger partial charge < -0.3 is 0 Å². The first-order valence-corrected chi connectivity index (χ1v) is 7.69. The summed E-state index contributed by atoms with van der Waals surface area (Å²) in [7, 11) is -3.69. The fraction of sp³-hybridized carbons (Fsp3) is 0.636. The number of anilines is 1. The van der Waals surface area contributed by atoms with Crippen molar-refractivity contribution in [2.75, 3.05) is 11.4 Å². The molecule has 1 atom stereocenters. The molecule has 1 aliphatic rings. The minimum absolute atomic E-state index is 0.0683. The first kappa shape index (κ1) is 14.0. The molecule has 0 radical (unpaired) electrons. The quantitative estimate of drug-likeness (QED) is 0.856. The average molecular weight is 286 g/mol. The topological polar surface area (TPSA) is 98.3 Å². The van der Waals surface area contributed by atoms with Crippen LogP contribution in [0.1, 0.15) is 32.0 Å². The summed E-state index contributed by atoms with van der Waals surface area (Å²) in [6.45, 7) is 5.83. The Balaban J connectivity index is 2.36. The minimum atomic E-state index is -3.69. The number of hydrogen-bond donors (Lipinski definition) is 1. The van der Waals surface area contributed by atoms with Gasteiger partial charge >= 0.3 is 0 Å². The Kier molecular flexibility index (Phi) is 3.40. The van der Waals surface area contributed by atoms with Crippen LogP contribution in [-0.2, 0) is 14.8 Å². The van der Waals surface area contributed by atoms with Crippen molar-refractivity contribution in [2.24, 2.45) is 5.14 Å². The van der Waals surface area contributed by atoms with E-state index in [-0.39, 0.29) is 24.9 Å². The Bertz CT molecular complexity index is 605. The second-order valence-electron chi connectivity index (χ2n) is 5.10. The summed E-state index contributed by atoms with van der Waals surface area (Å²) in [4.78, 5) is 13.4. The van der Waals surface area contributed by atoms with Gasteiger partial charge in [0.15, 0.2) is 0 Å². The maximum absolute atomic E-state index is 12.0. The molecule has 1 aromatic rings. The Morgan fingerprint density at radius 1 is 1.47 bits per heavy atom. The Hall–Kier alpha value is -1.41. The van der Waals surface area contributed by atoms with Gasteiger partial charge in [0.1, 0.15) is 11.1 Å². The van der Waals surface area contributed by atoms with E-state index in [1.54, 1.807) is 10.7 Å². The van der Waals surface area contributed by atoms with Crippen molar-refractivity contribution in [3.05, 3.63) is 11.8 Å². The average Bonchev–Trinajstić information content (AvgIpc) is 2.80. The maximum Gasteiger partial charge on any atom is 0.229 e. The van der Waals surface area contributed by atoms with Crippen LogP contribution >= 0.6 is 0 Å². The first-order chi connectivity index (χ1) is 8.70. The molecule has 1 unspecified atom stereocenters. The molecule has 1 aliphatic heterocycles. The summed E-state index contributed by atoms with van der Waals surface area (Å²) in [5, 5.41) is 8.60. The van der Waals surface area contributed by atoms with Gasteiger partial charge in [-0.25, -0.2) is 18.2 Å². The molecule has 8 heteroatoms. The number of aryl methyl sites for hydroxylation is 1. The lowest BCUT2D eigenvalue weighted by atomic mass is 10.4. The smallest absolute Gasteiger partial charge is 0.229 e. The Labute approximate surface area is 112 Å². The number of aromatic nitrogens is 2. The molecule has 1 fully saturated rings. The van der Waals surface area contributed by atoms with Crippen LogP contribution in [-0.4, -0.2) is 35.9 Å². The molecule has 7 nitrogen and oxygen atoms in total. The fourth-order valence-electron chi connectivity index (χ4n) is 2.20.